The van der Waals surface area contributed by atoms with Crippen LogP contribution in [0.15, 0.2) is 24.3 Å². The molecule has 1 aromatic carbocycles. The lowest BCUT2D eigenvalue weighted by molar-refractivity contribution is -0.134. The lowest BCUT2D eigenvalue weighted by atomic mass is 10.1. The zero-order valence-corrected chi connectivity index (χ0v) is 18.3. The molecule has 2 amide bonds. The standard InChI is InChI=1S/C21H29N3O4S/c1-5-28-12-6-11-24(14-19(25)23-21-22-15(2)16(3)29-21)20(26)13-17-7-9-18(27-4)10-8-17/h7-10H,5-6,11-14H2,1-4H3,(H,22,23,25). The SMILES string of the molecule is CCOCCCN(CC(=O)Nc1nc(C)c(C)s1)C(=O)Cc1ccc(OC)cc1. The van der Waals surface area contributed by atoms with Crippen molar-refractivity contribution in [2.75, 3.05) is 38.7 Å². The van der Waals surface area contributed by atoms with E-state index in [1.54, 1.807) is 12.0 Å². The first-order chi connectivity index (χ1) is 13.9. The van der Waals surface area contributed by atoms with Crippen LogP contribution in [-0.2, 0) is 20.7 Å². The van der Waals surface area contributed by atoms with Gasteiger partial charge in [-0.2, -0.15) is 0 Å². The van der Waals surface area contributed by atoms with E-state index in [2.05, 4.69) is 10.3 Å². The molecule has 158 valence electrons. The highest BCUT2D eigenvalue weighted by molar-refractivity contribution is 7.15. The first-order valence-electron chi connectivity index (χ1n) is 9.65. The minimum Gasteiger partial charge on any atom is -0.497 e. The van der Waals surface area contributed by atoms with Crippen LogP contribution in [0.5, 0.6) is 5.75 Å². The molecule has 29 heavy (non-hydrogen) atoms. The number of aromatic nitrogens is 1. The number of amides is 2. The third-order valence-corrected chi connectivity index (χ3v) is 5.39. The van der Waals surface area contributed by atoms with Crippen LogP contribution in [0.4, 0.5) is 5.13 Å². The van der Waals surface area contributed by atoms with Crippen LogP contribution in [0.1, 0.15) is 29.5 Å². The molecule has 0 aliphatic carbocycles. The lowest BCUT2D eigenvalue weighted by Gasteiger charge is -2.22. The predicted molar refractivity (Wildman–Crippen MR) is 115 cm³/mol. The molecule has 0 bridgehead atoms. The monoisotopic (exact) mass is 419 g/mol. The normalized spacial score (nSPS) is 10.6. The van der Waals surface area contributed by atoms with Crippen molar-refractivity contribution in [3.05, 3.63) is 40.4 Å². The van der Waals surface area contributed by atoms with Crippen molar-refractivity contribution in [2.45, 2.75) is 33.6 Å². The number of aryl methyl sites for hydroxylation is 2. The molecule has 0 aliphatic heterocycles. The average molecular weight is 420 g/mol. The van der Waals surface area contributed by atoms with Crippen molar-refractivity contribution in [3.8, 4) is 5.75 Å². The first-order valence-corrected chi connectivity index (χ1v) is 10.5. The third-order valence-electron chi connectivity index (χ3n) is 4.40. The number of ether oxygens (including phenoxy) is 2. The van der Waals surface area contributed by atoms with Crippen molar-refractivity contribution in [1.82, 2.24) is 9.88 Å². The smallest absolute Gasteiger partial charge is 0.245 e. The lowest BCUT2D eigenvalue weighted by Crippen LogP contribution is -2.39. The van der Waals surface area contributed by atoms with Crippen LogP contribution in [0.3, 0.4) is 0 Å². The molecule has 8 heteroatoms. The van der Waals surface area contributed by atoms with Crippen LogP contribution in [0, 0.1) is 13.8 Å². The summed E-state index contributed by atoms with van der Waals surface area (Å²) in [7, 11) is 1.60. The van der Waals surface area contributed by atoms with Gasteiger partial charge in [0, 0.05) is 24.6 Å². The van der Waals surface area contributed by atoms with Crippen LogP contribution in [0.2, 0.25) is 0 Å². The number of carbonyl (C=O) groups excluding carboxylic acids is 2. The van der Waals surface area contributed by atoms with Crippen LogP contribution in [-0.4, -0.2) is 55.1 Å². The third kappa shape index (κ3) is 7.47. The Morgan fingerprint density at radius 2 is 1.93 bits per heavy atom. The Hall–Kier alpha value is -2.45. The number of anilines is 1. The molecule has 1 heterocycles. The number of hydrogen-bond donors (Lipinski definition) is 1. The second kappa shape index (κ2) is 11.5. The van der Waals surface area contributed by atoms with Gasteiger partial charge in [0.15, 0.2) is 5.13 Å². The van der Waals surface area contributed by atoms with Gasteiger partial charge in [-0.1, -0.05) is 12.1 Å². The summed E-state index contributed by atoms with van der Waals surface area (Å²) in [6.07, 6.45) is 0.895. The van der Waals surface area contributed by atoms with Gasteiger partial charge in [0.2, 0.25) is 11.8 Å². The zero-order valence-electron chi connectivity index (χ0n) is 17.5. The number of nitrogens with zero attached hydrogens (tertiary/aromatic N) is 2. The molecule has 7 nitrogen and oxygen atoms in total. The molecular weight excluding hydrogens is 390 g/mol. The van der Waals surface area contributed by atoms with Crippen LogP contribution in [0.25, 0.3) is 0 Å². The number of methoxy groups -OCH3 is 1. The van der Waals surface area contributed by atoms with E-state index in [0.29, 0.717) is 31.3 Å². The van der Waals surface area contributed by atoms with Crippen LogP contribution >= 0.6 is 11.3 Å². The van der Waals surface area contributed by atoms with Crippen molar-refractivity contribution in [1.29, 1.82) is 0 Å². The summed E-state index contributed by atoms with van der Waals surface area (Å²) in [6.45, 7) is 7.41. The predicted octanol–water partition coefficient (Wildman–Crippen LogP) is 3.20. The average Bonchev–Trinajstić information content (AvgIpc) is 3.01. The van der Waals surface area contributed by atoms with Crippen molar-refractivity contribution < 1.29 is 19.1 Å². The Balaban J connectivity index is 1.99. The second-order valence-electron chi connectivity index (χ2n) is 6.60. The maximum atomic E-state index is 12.8. The molecule has 0 spiro atoms. The topological polar surface area (TPSA) is 80.8 Å². The summed E-state index contributed by atoms with van der Waals surface area (Å²) in [6, 6.07) is 7.36. The molecule has 0 unspecified atom stereocenters. The Bertz CT molecular complexity index is 785. The Morgan fingerprint density at radius 3 is 2.52 bits per heavy atom. The van der Waals surface area contributed by atoms with Gasteiger partial charge in [-0.05, 0) is 44.9 Å². The van der Waals surface area contributed by atoms with E-state index in [4.69, 9.17) is 9.47 Å². The summed E-state index contributed by atoms with van der Waals surface area (Å²) in [5.41, 5.74) is 1.77. The molecule has 0 fully saturated rings. The highest BCUT2D eigenvalue weighted by Gasteiger charge is 2.18. The van der Waals surface area contributed by atoms with Gasteiger partial charge >= 0.3 is 0 Å². The molecule has 2 aromatic rings. The van der Waals surface area contributed by atoms with Gasteiger partial charge in [0.25, 0.3) is 0 Å². The molecule has 0 aliphatic rings. The fraction of sp³-hybridized carbons (Fsp3) is 0.476. The fourth-order valence-electron chi connectivity index (χ4n) is 2.68. The van der Waals surface area contributed by atoms with Crippen molar-refractivity contribution in [3.63, 3.8) is 0 Å². The number of nitrogens with one attached hydrogen (secondary N) is 1. The summed E-state index contributed by atoms with van der Waals surface area (Å²) < 4.78 is 10.5. The van der Waals surface area contributed by atoms with Gasteiger partial charge < -0.3 is 19.7 Å². The van der Waals surface area contributed by atoms with E-state index in [9.17, 15) is 9.59 Å². The molecule has 0 saturated heterocycles. The number of carbonyl (C=O) groups is 2. The minimum absolute atomic E-state index is 0.0151. The van der Waals surface area contributed by atoms with E-state index in [1.165, 1.54) is 11.3 Å². The van der Waals surface area contributed by atoms with E-state index in [0.717, 1.165) is 21.9 Å². The van der Waals surface area contributed by atoms with E-state index >= 15 is 0 Å². The zero-order chi connectivity index (χ0) is 21.2. The Kier molecular flexibility index (Phi) is 9.08. The minimum atomic E-state index is -0.252. The summed E-state index contributed by atoms with van der Waals surface area (Å²) in [4.78, 5) is 32.3. The van der Waals surface area contributed by atoms with Gasteiger partial charge in [0.1, 0.15) is 5.75 Å². The second-order valence-corrected chi connectivity index (χ2v) is 7.80. The maximum Gasteiger partial charge on any atom is 0.245 e. The Morgan fingerprint density at radius 1 is 1.21 bits per heavy atom. The molecule has 1 aromatic heterocycles. The number of hydrogen-bond acceptors (Lipinski definition) is 6. The first kappa shape index (κ1) is 22.8. The molecular formula is C21H29N3O4S. The summed E-state index contributed by atoms with van der Waals surface area (Å²) >= 11 is 1.43. The molecule has 0 radical (unpaired) electrons. The maximum absolute atomic E-state index is 12.8. The van der Waals surface area contributed by atoms with Gasteiger partial charge in [-0.15, -0.1) is 11.3 Å². The van der Waals surface area contributed by atoms with Gasteiger partial charge in [-0.3, -0.25) is 9.59 Å². The van der Waals surface area contributed by atoms with Crippen LogP contribution < -0.4 is 10.1 Å². The summed E-state index contributed by atoms with van der Waals surface area (Å²) in [5, 5.41) is 3.35. The fourth-order valence-corrected chi connectivity index (χ4v) is 3.51. The van der Waals surface area contributed by atoms with Gasteiger partial charge in [0.05, 0.1) is 25.8 Å². The number of benzene rings is 1. The number of thiazole rings is 1. The quantitative estimate of drug-likeness (QED) is 0.566. The molecule has 0 saturated carbocycles. The number of rotatable bonds is 11. The molecule has 1 N–H and O–H groups in total. The van der Waals surface area contributed by atoms with Crippen molar-refractivity contribution >= 4 is 28.3 Å². The molecule has 2 rings (SSSR count). The van der Waals surface area contributed by atoms with Crippen molar-refractivity contribution in [2.24, 2.45) is 0 Å². The van der Waals surface area contributed by atoms with E-state index in [-0.39, 0.29) is 24.8 Å². The highest BCUT2D eigenvalue weighted by atomic mass is 32.1. The summed E-state index contributed by atoms with van der Waals surface area (Å²) in [5.74, 6) is 0.384. The highest BCUT2D eigenvalue weighted by Crippen LogP contribution is 2.21. The largest absolute Gasteiger partial charge is 0.497 e. The Labute approximate surface area is 176 Å². The van der Waals surface area contributed by atoms with E-state index in [1.807, 2.05) is 45.0 Å². The van der Waals surface area contributed by atoms with Gasteiger partial charge in [-0.25, -0.2) is 4.98 Å². The molecule has 0 atom stereocenters. The van der Waals surface area contributed by atoms with E-state index < -0.39 is 0 Å².